The van der Waals surface area contributed by atoms with Crippen LogP contribution in [0.2, 0.25) is 0 Å². The van der Waals surface area contributed by atoms with Gasteiger partial charge in [-0.1, -0.05) is 30.3 Å². The van der Waals surface area contributed by atoms with E-state index in [0.717, 1.165) is 44.5 Å². The minimum Gasteiger partial charge on any atom is -0.489 e. The van der Waals surface area contributed by atoms with E-state index in [1.165, 1.54) is 0 Å². The molecule has 28 heavy (non-hydrogen) atoms. The number of aromatic amines is 1. The minimum atomic E-state index is 0.533. The van der Waals surface area contributed by atoms with E-state index in [2.05, 4.69) is 32.4 Å². The van der Waals surface area contributed by atoms with Crippen molar-refractivity contribution in [2.24, 2.45) is 0 Å². The number of aryl methyl sites for hydroxylation is 2. The molecule has 0 radical (unpaired) electrons. The number of rotatable bonds is 4. The number of benzene rings is 2. The molecule has 1 N–H and O–H groups in total. The average molecular weight is 369 g/mol. The van der Waals surface area contributed by atoms with Crippen molar-refractivity contribution in [2.45, 2.75) is 20.5 Å². The van der Waals surface area contributed by atoms with Gasteiger partial charge in [-0.2, -0.15) is 10.2 Å². The zero-order chi connectivity index (χ0) is 19.1. The molecule has 3 heterocycles. The molecule has 0 fully saturated rings. The second-order valence-corrected chi connectivity index (χ2v) is 6.90. The summed E-state index contributed by atoms with van der Waals surface area (Å²) in [5.41, 5.74) is 5.03. The fourth-order valence-electron chi connectivity index (χ4n) is 3.52. The number of nitrogens with one attached hydrogen (secondary N) is 1. The number of H-pyrrole nitrogens is 1. The molecule has 0 aliphatic carbocycles. The summed E-state index contributed by atoms with van der Waals surface area (Å²) in [6.07, 6.45) is 1.78. The summed E-state index contributed by atoms with van der Waals surface area (Å²) in [4.78, 5) is 3.46. The third-order valence-corrected chi connectivity index (χ3v) is 4.83. The predicted octanol–water partition coefficient (Wildman–Crippen LogP) is 4.49. The van der Waals surface area contributed by atoms with E-state index in [4.69, 9.17) is 4.74 Å². The van der Waals surface area contributed by atoms with Gasteiger partial charge in [0.05, 0.1) is 17.4 Å². The van der Waals surface area contributed by atoms with Gasteiger partial charge in [-0.25, -0.2) is 4.68 Å². The van der Waals surface area contributed by atoms with Gasteiger partial charge in [-0.15, -0.1) is 5.10 Å². The summed E-state index contributed by atoms with van der Waals surface area (Å²) in [5, 5.41) is 15.1. The Balaban J connectivity index is 1.57. The Kier molecular flexibility index (Phi) is 3.83. The maximum absolute atomic E-state index is 5.99. The zero-order valence-corrected chi connectivity index (χ0v) is 15.7. The summed E-state index contributed by atoms with van der Waals surface area (Å²) < 4.78 is 7.81. The van der Waals surface area contributed by atoms with Crippen LogP contribution < -0.4 is 4.74 Å². The van der Waals surface area contributed by atoms with Crippen LogP contribution in [0.3, 0.4) is 0 Å². The van der Waals surface area contributed by atoms with Crippen molar-refractivity contribution in [1.29, 1.82) is 0 Å². The second-order valence-electron chi connectivity index (χ2n) is 6.90. The van der Waals surface area contributed by atoms with Crippen molar-refractivity contribution in [3.05, 3.63) is 77.7 Å². The zero-order valence-electron chi connectivity index (χ0n) is 15.7. The lowest BCUT2D eigenvalue weighted by Gasteiger charge is -2.06. The van der Waals surface area contributed by atoms with Gasteiger partial charge in [0, 0.05) is 22.0 Å². The molecule has 0 saturated carbocycles. The van der Waals surface area contributed by atoms with Gasteiger partial charge in [-0.3, -0.25) is 0 Å². The second kappa shape index (κ2) is 6.49. The first-order chi connectivity index (χ1) is 13.7. The van der Waals surface area contributed by atoms with Crippen LogP contribution in [0.15, 0.2) is 60.8 Å². The molecular formula is C22H19N5O. The first-order valence-electron chi connectivity index (χ1n) is 9.16. The van der Waals surface area contributed by atoms with Gasteiger partial charge in [0.1, 0.15) is 12.4 Å². The fraction of sp³-hybridized carbons (Fsp3) is 0.136. The number of hydrogen-bond acceptors (Lipinski definition) is 4. The Morgan fingerprint density at radius 3 is 2.64 bits per heavy atom. The molecule has 0 spiro atoms. The lowest BCUT2D eigenvalue weighted by atomic mass is 10.2. The van der Waals surface area contributed by atoms with E-state index >= 15 is 0 Å². The molecule has 6 nitrogen and oxygen atoms in total. The van der Waals surface area contributed by atoms with Gasteiger partial charge < -0.3 is 9.72 Å². The van der Waals surface area contributed by atoms with E-state index in [0.29, 0.717) is 12.4 Å². The number of nitrogens with zero attached hydrogens (tertiary/aromatic N) is 4. The van der Waals surface area contributed by atoms with Crippen molar-refractivity contribution < 1.29 is 4.74 Å². The molecule has 2 aromatic carbocycles. The summed E-state index contributed by atoms with van der Waals surface area (Å²) in [6, 6.07) is 18.2. The molecule has 0 bridgehead atoms. The number of aromatic nitrogens is 5. The quantitative estimate of drug-likeness (QED) is 0.507. The van der Waals surface area contributed by atoms with E-state index in [-0.39, 0.29) is 0 Å². The number of fused-ring (bicyclic) bond motifs is 3. The van der Waals surface area contributed by atoms with Crippen LogP contribution in [0, 0.1) is 13.8 Å². The maximum atomic E-state index is 5.99. The third kappa shape index (κ3) is 2.79. The molecule has 0 aliphatic heterocycles. The summed E-state index contributed by atoms with van der Waals surface area (Å²) in [5.74, 6) is 1.52. The van der Waals surface area contributed by atoms with Gasteiger partial charge in [0.15, 0.2) is 5.82 Å². The Morgan fingerprint density at radius 1 is 1.00 bits per heavy atom. The molecule has 138 valence electrons. The van der Waals surface area contributed by atoms with E-state index in [9.17, 15) is 0 Å². The lowest BCUT2D eigenvalue weighted by molar-refractivity contribution is 0.306. The van der Waals surface area contributed by atoms with Crippen molar-refractivity contribution in [3.63, 3.8) is 0 Å². The molecule has 0 saturated heterocycles. The molecule has 5 rings (SSSR count). The van der Waals surface area contributed by atoms with Gasteiger partial charge in [-0.05, 0) is 43.7 Å². The molecule has 0 unspecified atom stereocenters. The van der Waals surface area contributed by atoms with Gasteiger partial charge in [0.25, 0.3) is 0 Å². The summed E-state index contributed by atoms with van der Waals surface area (Å²) >= 11 is 0. The Hall–Kier alpha value is -3.67. The Labute approximate surface area is 161 Å². The van der Waals surface area contributed by atoms with Crippen molar-refractivity contribution >= 4 is 21.8 Å². The summed E-state index contributed by atoms with van der Waals surface area (Å²) in [6.45, 7) is 4.52. The lowest BCUT2D eigenvalue weighted by Crippen LogP contribution is -2.04. The van der Waals surface area contributed by atoms with Crippen LogP contribution in [-0.4, -0.2) is 25.0 Å². The van der Waals surface area contributed by atoms with Crippen LogP contribution >= 0.6 is 0 Å². The molecule has 3 aromatic heterocycles. The summed E-state index contributed by atoms with van der Waals surface area (Å²) in [7, 11) is 0. The maximum Gasteiger partial charge on any atom is 0.200 e. The fourth-order valence-corrected chi connectivity index (χ4v) is 3.52. The standard InChI is InChI=1S/C22H19N5O/c1-14-10-15(2)27(26-14)22-21-19(12-23-25-22)18-11-17(8-9-20(18)24-21)28-13-16-6-4-3-5-7-16/h3-12,24H,13H2,1-2H3. The third-order valence-electron chi connectivity index (χ3n) is 4.83. The molecule has 5 aromatic rings. The number of ether oxygens (including phenoxy) is 1. The van der Waals surface area contributed by atoms with Crippen molar-refractivity contribution in [2.75, 3.05) is 0 Å². The first-order valence-corrected chi connectivity index (χ1v) is 9.16. The van der Waals surface area contributed by atoms with Crippen LogP contribution in [-0.2, 0) is 6.61 Å². The van der Waals surface area contributed by atoms with Gasteiger partial charge >= 0.3 is 0 Å². The topological polar surface area (TPSA) is 68.6 Å². The molecule has 6 heteroatoms. The number of hydrogen-bond donors (Lipinski definition) is 1. The van der Waals surface area contributed by atoms with E-state index in [1.807, 2.05) is 61.0 Å². The molecular weight excluding hydrogens is 350 g/mol. The monoisotopic (exact) mass is 369 g/mol. The smallest absolute Gasteiger partial charge is 0.200 e. The van der Waals surface area contributed by atoms with Gasteiger partial charge in [0.2, 0.25) is 0 Å². The highest BCUT2D eigenvalue weighted by molar-refractivity contribution is 6.09. The normalized spacial score (nSPS) is 11.4. The van der Waals surface area contributed by atoms with Crippen molar-refractivity contribution in [1.82, 2.24) is 25.0 Å². The predicted molar refractivity (Wildman–Crippen MR) is 109 cm³/mol. The van der Waals surface area contributed by atoms with Crippen LogP contribution in [0.25, 0.3) is 27.6 Å². The Morgan fingerprint density at radius 2 is 1.86 bits per heavy atom. The van der Waals surface area contributed by atoms with E-state index < -0.39 is 0 Å². The van der Waals surface area contributed by atoms with Crippen LogP contribution in [0.4, 0.5) is 0 Å². The SMILES string of the molecule is Cc1cc(C)n(-c2nncc3c2[nH]c2ccc(OCc4ccccc4)cc23)n1. The highest BCUT2D eigenvalue weighted by atomic mass is 16.5. The minimum absolute atomic E-state index is 0.533. The Bertz CT molecular complexity index is 1290. The van der Waals surface area contributed by atoms with Crippen molar-refractivity contribution in [3.8, 4) is 11.6 Å². The highest BCUT2D eigenvalue weighted by Crippen LogP contribution is 2.31. The average Bonchev–Trinajstić information content (AvgIpc) is 3.25. The molecule has 0 aliphatic rings. The first kappa shape index (κ1) is 16.5. The van der Waals surface area contributed by atoms with Crippen LogP contribution in [0.1, 0.15) is 17.0 Å². The largest absolute Gasteiger partial charge is 0.489 e. The van der Waals surface area contributed by atoms with E-state index in [1.54, 1.807) is 6.20 Å². The van der Waals surface area contributed by atoms with Crippen LogP contribution in [0.5, 0.6) is 5.75 Å². The molecule has 0 atom stereocenters. The molecule has 0 amide bonds. The highest BCUT2D eigenvalue weighted by Gasteiger charge is 2.14.